The van der Waals surface area contributed by atoms with Crippen molar-refractivity contribution >= 4 is 49.4 Å². The highest BCUT2D eigenvalue weighted by atomic mass is 15.1. The van der Waals surface area contributed by atoms with Crippen molar-refractivity contribution in [3.63, 3.8) is 0 Å². The first-order chi connectivity index (χ1) is 25.2. The highest BCUT2D eigenvalue weighted by Gasteiger charge is 2.53. The second kappa shape index (κ2) is 10.5. The maximum absolute atomic E-state index is 2.44. The van der Waals surface area contributed by atoms with Crippen molar-refractivity contribution in [2.24, 2.45) is 0 Å². The zero-order valence-electron chi connectivity index (χ0n) is 28.3. The molecule has 9 aromatic rings. The van der Waals surface area contributed by atoms with Crippen LogP contribution in [-0.2, 0) is 5.41 Å². The number of nitrogens with zero attached hydrogens (tertiary/aromatic N) is 1. The minimum atomic E-state index is -0.457. The molecule has 1 heteroatoms. The Morgan fingerprint density at radius 1 is 0.373 bits per heavy atom. The molecule has 0 saturated heterocycles. The van der Waals surface area contributed by atoms with E-state index < -0.39 is 5.41 Å². The lowest BCUT2D eigenvalue weighted by Gasteiger charge is -2.32. The lowest BCUT2D eigenvalue weighted by molar-refractivity contribution is 0.802. The second-order valence-corrected chi connectivity index (χ2v) is 14.1. The maximum atomic E-state index is 2.44. The fourth-order valence-electron chi connectivity index (χ4n) is 9.54. The molecule has 238 valence electrons. The van der Waals surface area contributed by atoms with Crippen LogP contribution in [0.1, 0.15) is 27.8 Å². The molecule has 0 radical (unpaired) electrons. The number of fused-ring (bicyclic) bond motifs is 17. The Kier molecular flexibility index (Phi) is 5.86. The molecule has 9 aromatic carbocycles. The monoisotopic (exact) mass is 647 g/mol. The molecule has 0 aromatic heterocycles. The molecule has 0 amide bonds. The van der Waals surface area contributed by atoms with Gasteiger partial charge in [0.05, 0.1) is 5.41 Å². The number of para-hydroxylation sites is 1. The average molecular weight is 648 g/mol. The van der Waals surface area contributed by atoms with Crippen LogP contribution in [0.3, 0.4) is 0 Å². The summed E-state index contributed by atoms with van der Waals surface area (Å²) in [7, 11) is 0. The third kappa shape index (κ3) is 3.75. The van der Waals surface area contributed by atoms with Crippen LogP contribution in [0.2, 0.25) is 0 Å². The van der Waals surface area contributed by atoms with Gasteiger partial charge in [-0.3, -0.25) is 0 Å². The number of hydrogen-bond acceptors (Lipinski definition) is 1. The summed E-state index contributed by atoms with van der Waals surface area (Å²) >= 11 is 0. The van der Waals surface area contributed by atoms with Crippen molar-refractivity contribution in [3.8, 4) is 22.3 Å². The van der Waals surface area contributed by atoms with Crippen LogP contribution < -0.4 is 4.90 Å². The van der Waals surface area contributed by atoms with Crippen molar-refractivity contribution in [1.29, 1.82) is 0 Å². The Labute approximate surface area is 297 Å². The molecule has 0 saturated carbocycles. The zero-order chi connectivity index (χ0) is 33.7. The normalized spacial score (nSPS) is 13.4. The third-order valence-corrected chi connectivity index (χ3v) is 11.5. The molecule has 0 unspecified atom stereocenters. The molecule has 1 spiro atoms. The fourth-order valence-corrected chi connectivity index (χ4v) is 9.54. The molecule has 2 aliphatic carbocycles. The number of benzene rings is 9. The van der Waals surface area contributed by atoms with Gasteiger partial charge in [0.25, 0.3) is 0 Å². The molecule has 0 bridgehead atoms. The lowest BCUT2D eigenvalue weighted by Crippen LogP contribution is -2.26. The van der Waals surface area contributed by atoms with E-state index in [1.807, 2.05) is 0 Å². The van der Waals surface area contributed by atoms with Crippen molar-refractivity contribution in [1.82, 2.24) is 0 Å². The standard InChI is InChI=1S/C50H33N/c1-32-14-13-18-35(30-32)51(34-16-3-2-4-17-34)36-27-28-42-43(31-36)38-20-7-8-23-41(38)48-47-37-19-6-5-15-33(37)26-29-46(47)50(49(42)48)44-24-11-9-21-39(44)40-22-10-12-25-45(40)50/h2-31H,1H3. The quantitative estimate of drug-likeness (QED) is 0.173. The minimum absolute atomic E-state index is 0.457. The Balaban J connectivity index is 1.32. The van der Waals surface area contributed by atoms with Gasteiger partial charge in [-0.2, -0.15) is 0 Å². The first-order valence-electron chi connectivity index (χ1n) is 17.9. The summed E-state index contributed by atoms with van der Waals surface area (Å²) in [4.78, 5) is 2.40. The van der Waals surface area contributed by atoms with E-state index in [1.54, 1.807) is 0 Å². The topological polar surface area (TPSA) is 3.24 Å². The van der Waals surface area contributed by atoms with Gasteiger partial charge in [0.2, 0.25) is 0 Å². The van der Waals surface area contributed by atoms with Gasteiger partial charge in [0.15, 0.2) is 0 Å². The Hall–Kier alpha value is -6.44. The van der Waals surface area contributed by atoms with Crippen LogP contribution in [-0.4, -0.2) is 0 Å². The predicted octanol–water partition coefficient (Wildman–Crippen LogP) is 13.3. The molecule has 0 heterocycles. The van der Waals surface area contributed by atoms with E-state index in [9.17, 15) is 0 Å². The maximum Gasteiger partial charge on any atom is 0.0732 e. The van der Waals surface area contributed by atoms with Gasteiger partial charge in [-0.25, -0.2) is 0 Å². The van der Waals surface area contributed by atoms with E-state index in [0.29, 0.717) is 0 Å². The number of aryl methyl sites for hydroxylation is 1. The Morgan fingerprint density at radius 3 is 1.76 bits per heavy atom. The summed E-state index contributed by atoms with van der Waals surface area (Å²) in [6.07, 6.45) is 0. The van der Waals surface area contributed by atoms with Gasteiger partial charge in [-0.1, -0.05) is 146 Å². The van der Waals surface area contributed by atoms with Crippen LogP contribution in [0, 0.1) is 6.92 Å². The van der Waals surface area contributed by atoms with E-state index in [1.165, 1.54) is 82.4 Å². The molecular formula is C50H33N. The minimum Gasteiger partial charge on any atom is -0.310 e. The van der Waals surface area contributed by atoms with Gasteiger partial charge < -0.3 is 4.90 Å². The molecule has 51 heavy (non-hydrogen) atoms. The van der Waals surface area contributed by atoms with Crippen molar-refractivity contribution in [2.45, 2.75) is 12.3 Å². The van der Waals surface area contributed by atoms with Crippen molar-refractivity contribution < 1.29 is 0 Å². The second-order valence-electron chi connectivity index (χ2n) is 14.1. The summed E-state index contributed by atoms with van der Waals surface area (Å²) in [5, 5.41) is 7.74. The molecule has 0 N–H and O–H groups in total. The summed E-state index contributed by atoms with van der Waals surface area (Å²) < 4.78 is 0. The first-order valence-corrected chi connectivity index (χ1v) is 17.9. The largest absolute Gasteiger partial charge is 0.310 e. The lowest BCUT2D eigenvalue weighted by atomic mass is 9.69. The SMILES string of the molecule is Cc1cccc(N(c2ccccc2)c2ccc3c4c(c5ccccc5c3c2)-c2c(ccc3ccccc23)C42c3ccccc3-c3ccccc32)c1. The Morgan fingerprint density at radius 2 is 1.00 bits per heavy atom. The third-order valence-electron chi connectivity index (χ3n) is 11.5. The fraction of sp³-hybridized carbons (Fsp3) is 0.0400. The number of hydrogen-bond donors (Lipinski definition) is 0. The van der Waals surface area contributed by atoms with Gasteiger partial charge in [0.1, 0.15) is 0 Å². The van der Waals surface area contributed by atoms with Gasteiger partial charge in [-0.05, 0) is 126 Å². The van der Waals surface area contributed by atoms with Crippen LogP contribution in [0.4, 0.5) is 17.1 Å². The van der Waals surface area contributed by atoms with Crippen LogP contribution in [0.15, 0.2) is 182 Å². The number of anilines is 3. The van der Waals surface area contributed by atoms with E-state index in [4.69, 9.17) is 0 Å². The smallest absolute Gasteiger partial charge is 0.0732 e. The first kappa shape index (κ1) is 28.4. The van der Waals surface area contributed by atoms with E-state index in [0.717, 1.165) is 17.1 Å². The molecule has 0 fully saturated rings. The molecule has 0 atom stereocenters. The van der Waals surface area contributed by atoms with Crippen LogP contribution in [0.5, 0.6) is 0 Å². The van der Waals surface area contributed by atoms with Crippen molar-refractivity contribution in [2.75, 3.05) is 4.90 Å². The van der Waals surface area contributed by atoms with Gasteiger partial charge in [-0.15, -0.1) is 0 Å². The molecule has 1 nitrogen and oxygen atoms in total. The molecule has 2 aliphatic rings. The summed E-state index contributed by atoms with van der Waals surface area (Å²) in [5.74, 6) is 0. The molecule has 0 aliphatic heterocycles. The highest BCUT2D eigenvalue weighted by molar-refractivity contribution is 6.23. The van der Waals surface area contributed by atoms with Gasteiger partial charge in [0, 0.05) is 17.1 Å². The van der Waals surface area contributed by atoms with E-state index in [2.05, 4.69) is 194 Å². The van der Waals surface area contributed by atoms with Crippen LogP contribution >= 0.6 is 0 Å². The predicted molar refractivity (Wildman–Crippen MR) is 215 cm³/mol. The zero-order valence-corrected chi connectivity index (χ0v) is 28.3. The summed E-state index contributed by atoms with van der Waals surface area (Å²) in [6, 6.07) is 67.8. The summed E-state index contributed by atoms with van der Waals surface area (Å²) in [5.41, 5.74) is 15.1. The van der Waals surface area contributed by atoms with E-state index in [-0.39, 0.29) is 0 Å². The van der Waals surface area contributed by atoms with Crippen molar-refractivity contribution in [3.05, 3.63) is 210 Å². The van der Waals surface area contributed by atoms with E-state index >= 15 is 0 Å². The summed E-state index contributed by atoms with van der Waals surface area (Å²) in [6.45, 7) is 2.17. The van der Waals surface area contributed by atoms with Crippen LogP contribution in [0.25, 0.3) is 54.6 Å². The highest BCUT2D eigenvalue weighted by Crippen LogP contribution is 2.66. The van der Waals surface area contributed by atoms with Gasteiger partial charge >= 0.3 is 0 Å². The molecule has 11 rings (SSSR count). The Bertz CT molecular complexity index is 2840. The average Bonchev–Trinajstić information content (AvgIpc) is 3.67. The molecular weight excluding hydrogens is 615 g/mol. The number of rotatable bonds is 3.